The van der Waals surface area contributed by atoms with Gasteiger partial charge in [0.15, 0.2) is 0 Å². The Hall–Kier alpha value is -1.96. The molecule has 8 nitrogen and oxygen atoms in total. The number of sulfonamides is 1. The zero-order chi connectivity index (χ0) is 22.6. The van der Waals surface area contributed by atoms with Crippen molar-refractivity contribution in [2.75, 3.05) is 13.1 Å². The third-order valence-corrected chi connectivity index (χ3v) is 7.72. The minimum Gasteiger partial charge on any atom is -0.475 e. The van der Waals surface area contributed by atoms with Crippen LogP contribution in [0.1, 0.15) is 35.9 Å². The van der Waals surface area contributed by atoms with Crippen molar-refractivity contribution in [1.82, 2.24) is 19.4 Å². The van der Waals surface area contributed by atoms with Gasteiger partial charge in [-0.2, -0.15) is 18.3 Å². The molecular weight excluding hydrogens is 457 g/mol. The molecule has 3 heterocycles. The molecule has 1 unspecified atom stereocenters. The third kappa shape index (κ3) is 6.76. The molecule has 0 aromatic carbocycles. The topological polar surface area (TPSA) is 105 Å². The molecule has 13 heteroatoms. The Morgan fingerprint density at radius 1 is 1.32 bits per heavy atom. The molecule has 2 N–H and O–H groups in total. The van der Waals surface area contributed by atoms with Crippen LogP contribution in [0, 0.1) is 0 Å². The molecule has 2 aromatic heterocycles. The Kier molecular flexibility index (Phi) is 7.39. The maximum atomic E-state index is 12.0. The fourth-order valence-electron chi connectivity index (χ4n) is 3.29. The van der Waals surface area contributed by atoms with E-state index in [0.29, 0.717) is 6.54 Å². The van der Waals surface area contributed by atoms with Crippen LogP contribution in [-0.4, -0.2) is 58.7 Å². The SMILES string of the molecule is O=C(O)C(F)(F)F.O=S(=O)(NCCC1CN(Cc2cccs2)Cc2ccnn21)C1CC1. The van der Waals surface area contributed by atoms with Gasteiger partial charge in [-0.05, 0) is 36.8 Å². The number of nitrogens with zero attached hydrogens (tertiary/aromatic N) is 3. The van der Waals surface area contributed by atoms with Crippen LogP contribution in [0.3, 0.4) is 0 Å². The van der Waals surface area contributed by atoms with Crippen molar-refractivity contribution in [1.29, 1.82) is 0 Å². The molecule has 0 bridgehead atoms. The van der Waals surface area contributed by atoms with Gasteiger partial charge in [0.25, 0.3) is 0 Å². The van der Waals surface area contributed by atoms with Crippen molar-refractivity contribution < 1.29 is 31.5 Å². The second-order valence-corrected chi connectivity index (χ2v) is 10.5. The molecule has 0 saturated heterocycles. The van der Waals surface area contributed by atoms with Gasteiger partial charge in [0.1, 0.15) is 0 Å². The van der Waals surface area contributed by atoms with Crippen molar-refractivity contribution in [3.63, 3.8) is 0 Å². The summed E-state index contributed by atoms with van der Waals surface area (Å²) in [7, 11) is -3.10. The van der Waals surface area contributed by atoms with Gasteiger partial charge < -0.3 is 5.11 Å². The second kappa shape index (κ2) is 9.67. The lowest BCUT2D eigenvalue weighted by Gasteiger charge is -2.33. The quantitative estimate of drug-likeness (QED) is 0.631. The van der Waals surface area contributed by atoms with Crippen molar-refractivity contribution >= 4 is 27.3 Å². The highest BCUT2D eigenvalue weighted by Gasteiger charge is 2.38. The fraction of sp³-hybridized carbons (Fsp3) is 0.556. The van der Waals surface area contributed by atoms with Gasteiger partial charge >= 0.3 is 12.1 Å². The number of halogens is 3. The Morgan fingerprint density at radius 2 is 2.03 bits per heavy atom. The molecular formula is C18H23F3N4O4S2. The zero-order valence-electron chi connectivity index (χ0n) is 16.5. The molecule has 1 atom stereocenters. The van der Waals surface area contributed by atoms with Gasteiger partial charge in [-0.1, -0.05) is 6.07 Å². The molecule has 0 spiro atoms. The Labute approximate surface area is 181 Å². The van der Waals surface area contributed by atoms with Crippen LogP contribution in [0.25, 0.3) is 0 Å². The highest BCUT2D eigenvalue weighted by molar-refractivity contribution is 7.90. The maximum absolute atomic E-state index is 12.0. The normalized spacial score (nSPS) is 19.4. The third-order valence-electron chi connectivity index (χ3n) is 4.90. The van der Waals surface area contributed by atoms with Crippen molar-refractivity contribution in [3.8, 4) is 0 Å². The summed E-state index contributed by atoms with van der Waals surface area (Å²) in [6, 6.07) is 6.51. The second-order valence-electron chi connectivity index (χ2n) is 7.40. The van der Waals surface area contributed by atoms with E-state index in [0.717, 1.165) is 38.9 Å². The van der Waals surface area contributed by atoms with Gasteiger partial charge in [-0.25, -0.2) is 17.9 Å². The predicted molar refractivity (Wildman–Crippen MR) is 108 cm³/mol. The minimum atomic E-state index is -5.08. The first-order valence-corrected chi connectivity index (χ1v) is 12.0. The van der Waals surface area contributed by atoms with Crippen LogP contribution in [-0.2, 0) is 27.9 Å². The van der Waals surface area contributed by atoms with E-state index in [1.54, 1.807) is 11.3 Å². The molecule has 1 fully saturated rings. The summed E-state index contributed by atoms with van der Waals surface area (Å²) in [5.74, 6) is -2.76. The summed E-state index contributed by atoms with van der Waals surface area (Å²) in [6.07, 6.45) is -0.875. The van der Waals surface area contributed by atoms with Gasteiger partial charge in [0, 0.05) is 37.3 Å². The van der Waals surface area contributed by atoms with Crippen LogP contribution >= 0.6 is 11.3 Å². The minimum absolute atomic E-state index is 0.153. The van der Waals surface area contributed by atoms with Crippen molar-refractivity contribution in [3.05, 3.63) is 40.3 Å². The number of alkyl halides is 3. The Morgan fingerprint density at radius 3 is 2.61 bits per heavy atom. The van der Waals surface area contributed by atoms with E-state index < -0.39 is 22.2 Å². The molecule has 2 aromatic rings. The van der Waals surface area contributed by atoms with E-state index in [2.05, 4.69) is 43.0 Å². The first kappa shape index (κ1) is 23.7. The van der Waals surface area contributed by atoms with Crippen LogP contribution in [0.4, 0.5) is 13.2 Å². The molecule has 1 aliphatic heterocycles. The number of aliphatic carboxylic acids is 1. The van der Waals surface area contributed by atoms with Crippen LogP contribution in [0.15, 0.2) is 29.8 Å². The summed E-state index contributed by atoms with van der Waals surface area (Å²) in [5.41, 5.74) is 1.20. The lowest BCUT2D eigenvalue weighted by atomic mass is 10.1. The average molecular weight is 481 g/mol. The lowest BCUT2D eigenvalue weighted by molar-refractivity contribution is -0.192. The number of thiophene rings is 1. The number of fused-ring (bicyclic) bond motifs is 1. The van der Waals surface area contributed by atoms with Gasteiger partial charge in [0.2, 0.25) is 10.0 Å². The van der Waals surface area contributed by atoms with Crippen LogP contribution in [0.2, 0.25) is 0 Å². The maximum Gasteiger partial charge on any atom is 0.490 e. The molecule has 1 aliphatic carbocycles. The Balaban J connectivity index is 0.000000339. The molecule has 4 rings (SSSR count). The molecule has 0 amide bonds. The van der Waals surface area contributed by atoms with E-state index >= 15 is 0 Å². The summed E-state index contributed by atoms with van der Waals surface area (Å²) >= 11 is 1.78. The van der Waals surface area contributed by atoms with E-state index in [9.17, 15) is 21.6 Å². The lowest BCUT2D eigenvalue weighted by Crippen LogP contribution is -2.39. The summed E-state index contributed by atoms with van der Waals surface area (Å²) < 4.78 is 60.5. The first-order chi connectivity index (χ1) is 14.6. The number of aromatic nitrogens is 2. The Bertz CT molecular complexity index is 972. The standard InChI is InChI=1S/C16H22N4O2S2.C2HF3O2/c21-24(22,16-3-4-16)18-8-6-14-11-19(12-15-2-1-9-23-15)10-13-5-7-17-20(13)14;3-2(4,5)1(6)7/h1-2,5,7,9,14,16,18H,3-4,6,8,10-12H2;(H,6,7). The summed E-state index contributed by atoms with van der Waals surface area (Å²) in [5, 5.41) is 13.5. The van der Waals surface area contributed by atoms with Gasteiger partial charge in [-0.3, -0.25) is 9.58 Å². The molecule has 2 aliphatic rings. The summed E-state index contributed by atoms with van der Waals surface area (Å²) in [6.45, 7) is 3.21. The summed E-state index contributed by atoms with van der Waals surface area (Å²) in [4.78, 5) is 12.7. The number of rotatable bonds is 7. The number of hydrogen-bond acceptors (Lipinski definition) is 6. The predicted octanol–water partition coefficient (Wildman–Crippen LogP) is 2.61. The van der Waals surface area contributed by atoms with E-state index in [4.69, 9.17) is 9.90 Å². The number of hydrogen-bond donors (Lipinski definition) is 2. The molecule has 0 radical (unpaired) electrons. The number of nitrogens with one attached hydrogen (secondary N) is 1. The number of carbonyl (C=O) groups is 1. The van der Waals surface area contributed by atoms with Crippen LogP contribution in [0.5, 0.6) is 0 Å². The van der Waals surface area contributed by atoms with E-state index in [-0.39, 0.29) is 11.3 Å². The van der Waals surface area contributed by atoms with Gasteiger partial charge in [-0.15, -0.1) is 11.3 Å². The van der Waals surface area contributed by atoms with Crippen LogP contribution < -0.4 is 4.72 Å². The highest BCUT2D eigenvalue weighted by Crippen LogP contribution is 2.28. The molecule has 1 saturated carbocycles. The van der Waals surface area contributed by atoms with Crippen molar-refractivity contribution in [2.45, 2.75) is 49.8 Å². The van der Waals surface area contributed by atoms with Crippen molar-refractivity contribution in [2.24, 2.45) is 0 Å². The number of carboxylic acids is 1. The van der Waals surface area contributed by atoms with Gasteiger partial charge in [0.05, 0.1) is 17.0 Å². The monoisotopic (exact) mass is 480 g/mol. The zero-order valence-corrected chi connectivity index (χ0v) is 18.1. The highest BCUT2D eigenvalue weighted by atomic mass is 32.2. The van der Waals surface area contributed by atoms with E-state index in [1.807, 2.05) is 6.20 Å². The van der Waals surface area contributed by atoms with E-state index in [1.165, 1.54) is 10.6 Å². The largest absolute Gasteiger partial charge is 0.490 e. The first-order valence-electron chi connectivity index (χ1n) is 9.62. The molecule has 31 heavy (non-hydrogen) atoms. The average Bonchev–Trinajstić information content (AvgIpc) is 3.24. The molecule has 172 valence electrons. The number of carboxylic acid groups (broad SMARTS) is 1. The fourth-order valence-corrected chi connectivity index (χ4v) is 5.43. The smallest absolute Gasteiger partial charge is 0.475 e.